The second kappa shape index (κ2) is 8.59. The minimum absolute atomic E-state index is 0.0791. The average molecular weight is 398 g/mol. The van der Waals surface area contributed by atoms with E-state index in [1.54, 1.807) is 0 Å². The van der Waals surface area contributed by atoms with Crippen LogP contribution in [-0.2, 0) is 12.6 Å². The molecule has 0 saturated heterocycles. The number of rotatable bonds is 7. The third-order valence-electron chi connectivity index (χ3n) is 3.92. The summed E-state index contributed by atoms with van der Waals surface area (Å²) in [5.74, 6) is -0.448. The van der Waals surface area contributed by atoms with Gasteiger partial charge in [0.05, 0.1) is 30.8 Å². The van der Waals surface area contributed by atoms with Crippen LogP contribution < -0.4 is 14.8 Å². The normalized spacial score (nSPS) is 11.0. The molecule has 1 amide bonds. The molecule has 1 N–H and O–H groups in total. The monoisotopic (exact) mass is 398 g/mol. The van der Waals surface area contributed by atoms with Gasteiger partial charge in [0.15, 0.2) is 11.5 Å². The lowest BCUT2D eigenvalue weighted by molar-refractivity contribution is -0.385. The number of carbonyl (C=O) groups excluding carboxylic acids is 1. The predicted molar refractivity (Wildman–Crippen MR) is 93.7 cm³/mol. The van der Waals surface area contributed by atoms with Gasteiger partial charge in [0.2, 0.25) is 0 Å². The highest BCUT2D eigenvalue weighted by molar-refractivity contribution is 5.99. The van der Waals surface area contributed by atoms with Crippen LogP contribution in [0.25, 0.3) is 0 Å². The maximum atomic E-state index is 12.6. The number of halogens is 3. The number of nitro benzene ring substituents is 1. The molecule has 0 aliphatic rings. The quantitative estimate of drug-likeness (QED) is 0.568. The van der Waals surface area contributed by atoms with E-state index < -0.39 is 28.3 Å². The van der Waals surface area contributed by atoms with Gasteiger partial charge in [-0.1, -0.05) is 12.1 Å². The molecule has 0 heterocycles. The van der Waals surface area contributed by atoms with E-state index in [9.17, 15) is 28.1 Å². The lowest BCUT2D eigenvalue weighted by Gasteiger charge is -2.11. The Labute approximate surface area is 158 Å². The molecule has 2 aromatic carbocycles. The summed E-state index contributed by atoms with van der Waals surface area (Å²) in [5, 5.41) is 13.8. The van der Waals surface area contributed by atoms with E-state index in [4.69, 9.17) is 9.47 Å². The molecule has 0 fully saturated rings. The minimum Gasteiger partial charge on any atom is -0.493 e. The maximum absolute atomic E-state index is 12.6. The first kappa shape index (κ1) is 21.0. The topological polar surface area (TPSA) is 90.7 Å². The Kier molecular flexibility index (Phi) is 6.45. The van der Waals surface area contributed by atoms with Gasteiger partial charge >= 0.3 is 6.18 Å². The van der Waals surface area contributed by atoms with Crippen LogP contribution >= 0.6 is 0 Å². The second-order valence-electron chi connectivity index (χ2n) is 5.68. The molecule has 0 saturated carbocycles. The van der Waals surface area contributed by atoms with Crippen LogP contribution in [-0.4, -0.2) is 31.6 Å². The first-order valence-electron chi connectivity index (χ1n) is 8.02. The summed E-state index contributed by atoms with van der Waals surface area (Å²) >= 11 is 0. The lowest BCUT2D eigenvalue weighted by Crippen LogP contribution is -2.26. The molecule has 2 aromatic rings. The van der Waals surface area contributed by atoms with Crippen molar-refractivity contribution in [3.8, 4) is 11.5 Å². The molecule has 0 spiro atoms. The highest BCUT2D eigenvalue weighted by Gasteiger charge is 2.30. The van der Waals surface area contributed by atoms with E-state index in [0.717, 1.165) is 18.2 Å². The Morgan fingerprint density at radius 1 is 1.11 bits per heavy atom. The number of hydrogen-bond donors (Lipinski definition) is 1. The van der Waals surface area contributed by atoms with Crippen molar-refractivity contribution in [2.45, 2.75) is 12.6 Å². The summed E-state index contributed by atoms with van der Waals surface area (Å²) in [7, 11) is 2.64. The zero-order valence-electron chi connectivity index (χ0n) is 15.0. The zero-order chi connectivity index (χ0) is 20.9. The number of benzene rings is 2. The summed E-state index contributed by atoms with van der Waals surface area (Å²) in [6, 6.07) is 6.82. The van der Waals surface area contributed by atoms with Crippen molar-refractivity contribution in [3.05, 3.63) is 63.2 Å². The van der Waals surface area contributed by atoms with Crippen LogP contribution in [0, 0.1) is 10.1 Å². The molecule has 7 nitrogen and oxygen atoms in total. The average Bonchev–Trinajstić information content (AvgIpc) is 2.66. The van der Waals surface area contributed by atoms with Gasteiger partial charge in [0, 0.05) is 12.6 Å². The Morgan fingerprint density at radius 2 is 1.68 bits per heavy atom. The van der Waals surface area contributed by atoms with Crippen LogP contribution in [0.4, 0.5) is 18.9 Å². The fourth-order valence-corrected chi connectivity index (χ4v) is 2.48. The summed E-state index contributed by atoms with van der Waals surface area (Å²) in [5.41, 5.74) is -0.851. The summed E-state index contributed by atoms with van der Waals surface area (Å²) < 4.78 is 47.7. The number of methoxy groups -OCH3 is 2. The molecule has 10 heteroatoms. The van der Waals surface area contributed by atoms with Crippen molar-refractivity contribution in [2.24, 2.45) is 0 Å². The van der Waals surface area contributed by atoms with Gasteiger partial charge in [-0.2, -0.15) is 13.2 Å². The fourth-order valence-electron chi connectivity index (χ4n) is 2.48. The van der Waals surface area contributed by atoms with Crippen molar-refractivity contribution >= 4 is 11.6 Å². The molecular weight excluding hydrogens is 381 g/mol. The minimum atomic E-state index is -4.42. The van der Waals surface area contributed by atoms with Gasteiger partial charge in [-0.25, -0.2) is 0 Å². The van der Waals surface area contributed by atoms with Gasteiger partial charge in [0.25, 0.3) is 11.6 Å². The van der Waals surface area contributed by atoms with Crippen LogP contribution in [0.2, 0.25) is 0 Å². The highest BCUT2D eigenvalue weighted by atomic mass is 19.4. The van der Waals surface area contributed by atoms with Crippen LogP contribution in [0.5, 0.6) is 11.5 Å². The molecule has 0 unspecified atom stereocenters. The third kappa shape index (κ3) is 4.90. The van der Waals surface area contributed by atoms with E-state index in [1.165, 1.54) is 32.4 Å². The number of ether oxygens (including phenoxy) is 2. The first-order valence-corrected chi connectivity index (χ1v) is 8.02. The smallest absolute Gasteiger partial charge is 0.416 e. The van der Waals surface area contributed by atoms with Crippen molar-refractivity contribution in [1.82, 2.24) is 5.32 Å². The standard InChI is InChI=1S/C18H17F3N2O5/c1-27-15-9-13(14(23(25)26)10-16(15)28-2)17(24)22-8-7-11-3-5-12(6-4-11)18(19,20)21/h3-6,9-10H,7-8H2,1-2H3,(H,22,24). The zero-order valence-corrected chi connectivity index (χ0v) is 15.0. The number of amides is 1. The summed E-state index contributed by atoms with van der Waals surface area (Å²) in [6.45, 7) is 0.0791. The molecule has 0 aliphatic heterocycles. The molecule has 2 rings (SSSR count). The molecule has 0 atom stereocenters. The van der Waals surface area contributed by atoms with E-state index in [1.807, 2.05) is 0 Å². The third-order valence-corrected chi connectivity index (χ3v) is 3.92. The Balaban J connectivity index is 2.09. The van der Waals surface area contributed by atoms with Gasteiger partial charge in [-0.05, 0) is 24.1 Å². The molecule has 150 valence electrons. The Bertz CT molecular complexity index is 867. The van der Waals surface area contributed by atoms with Gasteiger partial charge < -0.3 is 14.8 Å². The van der Waals surface area contributed by atoms with E-state index >= 15 is 0 Å². The number of nitrogens with zero attached hydrogens (tertiary/aromatic N) is 1. The molecule has 0 aliphatic carbocycles. The van der Waals surface area contributed by atoms with Crippen LogP contribution in [0.3, 0.4) is 0 Å². The fraction of sp³-hybridized carbons (Fsp3) is 0.278. The largest absolute Gasteiger partial charge is 0.493 e. The molecule has 0 radical (unpaired) electrons. The lowest BCUT2D eigenvalue weighted by atomic mass is 10.1. The molecular formula is C18H17F3N2O5. The first-order chi connectivity index (χ1) is 13.2. The van der Waals surface area contributed by atoms with Crippen molar-refractivity contribution in [2.75, 3.05) is 20.8 Å². The summed E-state index contributed by atoms with van der Waals surface area (Å²) in [6.07, 6.45) is -4.16. The highest BCUT2D eigenvalue weighted by Crippen LogP contribution is 2.34. The van der Waals surface area contributed by atoms with Crippen molar-refractivity contribution < 1.29 is 32.4 Å². The SMILES string of the molecule is COc1cc(C(=O)NCCc2ccc(C(F)(F)F)cc2)c([N+](=O)[O-])cc1OC. The summed E-state index contributed by atoms with van der Waals surface area (Å²) in [4.78, 5) is 22.9. The number of nitrogens with one attached hydrogen (secondary N) is 1. The Hall–Kier alpha value is -3.30. The van der Waals surface area contributed by atoms with Crippen molar-refractivity contribution in [3.63, 3.8) is 0 Å². The van der Waals surface area contributed by atoms with E-state index in [-0.39, 0.29) is 30.0 Å². The predicted octanol–water partition coefficient (Wildman–Crippen LogP) is 3.60. The van der Waals surface area contributed by atoms with Gasteiger partial charge in [-0.3, -0.25) is 14.9 Å². The van der Waals surface area contributed by atoms with E-state index in [2.05, 4.69) is 5.32 Å². The number of hydrogen-bond acceptors (Lipinski definition) is 5. The van der Waals surface area contributed by atoms with Gasteiger partial charge in [0.1, 0.15) is 5.56 Å². The van der Waals surface area contributed by atoms with Gasteiger partial charge in [-0.15, -0.1) is 0 Å². The number of nitro groups is 1. The Morgan fingerprint density at radius 3 is 2.18 bits per heavy atom. The molecule has 0 bridgehead atoms. The van der Waals surface area contributed by atoms with Crippen LogP contribution in [0.1, 0.15) is 21.5 Å². The number of carbonyl (C=O) groups is 1. The second-order valence-corrected chi connectivity index (χ2v) is 5.68. The number of alkyl halides is 3. The van der Waals surface area contributed by atoms with Crippen LogP contribution in [0.15, 0.2) is 36.4 Å². The van der Waals surface area contributed by atoms with Crippen molar-refractivity contribution in [1.29, 1.82) is 0 Å². The maximum Gasteiger partial charge on any atom is 0.416 e. The molecule has 28 heavy (non-hydrogen) atoms. The molecule has 0 aromatic heterocycles. The van der Waals surface area contributed by atoms with E-state index in [0.29, 0.717) is 5.56 Å².